The standard InChI is InChI=1S/C12H10Cl2FN3/c1-6-11(14)16-7(2)17-12(6)18-10-4-3-8(15)5-9(10)13/h3-5H,1-2H3,(H,16,17,18). The van der Waals surface area contributed by atoms with Crippen molar-refractivity contribution in [3.63, 3.8) is 0 Å². The van der Waals surface area contributed by atoms with Crippen molar-refractivity contribution in [2.45, 2.75) is 13.8 Å². The normalized spacial score (nSPS) is 10.5. The van der Waals surface area contributed by atoms with E-state index >= 15 is 0 Å². The average Bonchev–Trinajstić information content (AvgIpc) is 2.29. The largest absolute Gasteiger partial charge is 0.339 e. The van der Waals surface area contributed by atoms with Gasteiger partial charge in [-0.15, -0.1) is 0 Å². The highest BCUT2D eigenvalue weighted by Crippen LogP contribution is 2.28. The summed E-state index contributed by atoms with van der Waals surface area (Å²) in [5.41, 5.74) is 1.28. The molecule has 0 aliphatic rings. The highest BCUT2D eigenvalue weighted by molar-refractivity contribution is 6.33. The Morgan fingerprint density at radius 3 is 2.56 bits per heavy atom. The predicted octanol–water partition coefficient (Wildman–Crippen LogP) is 4.28. The number of aromatic nitrogens is 2. The Hall–Kier alpha value is -1.39. The molecule has 0 bridgehead atoms. The fraction of sp³-hybridized carbons (Fsp3) is 0.167. The van der Waals surface area contributed by atoms with Gasteiger partial charge in [0, 0.05) is 5.56 Å². The first-order chi connectivity index (χ1) is 8.47. The molecule has 1 N–H and O–H groups in total. The number of hydrogen-bond acceptors (Lipinski definition) is 3. The summed E-state index contributed by atoms with van der Waals surface area (Å²) in [5, 5.41) is 3.67. The van der Waals surface area contributed by atoms with Crippen molar-refractivity contribution in [2.24, 2.45) is 0 Å². The molecule has 18 heavy (non-hydrogen) atoms. The molecule has 0 saturated heterocycles. The van der Waals surface area contributed by atoms with Crippen LogP contribution in [0.2, 0.25) is 10.2 Å². The van der Waals surface area contributed by atoms with E-state index in [4.69, 9.17) is 23.2 Å². The third kappa shape index (κ3) is 2.71. The van der Waals surface area contributed by atoms with Crippen LogP contribution in [0.1, 0.15) is 11.4 Å². The molecule has 6 heteroatoms. The van der Waals surface area contributed by atoms with E-state index in [2.05, 4.69) is 15.3 Å². The highest BCUT2D eigenvalue weighted by Gasteiger charge is 2.09. The predicted molar refractivity (Wildman–Crippen MR) is 71.2 cm³/mol. The minimum absolute atomic E-state index is 0.279. The maximum Gasteiger partial charge on any atom is 0.138 e. The van der Waals surface area contributed by atoms with E-state index < -0.39 is 0 Å². The number of hydrogen-bond donors (Lipinski definition) is 1. The van der Waals surface area contributed by atoms with E-state index in [1.165, 1.54) is 12.1 Å². The number of nitrogens with zero attached hydrogens (tertiary/aromatic N) is 2. The maximum atomic E-state index is 12.9. The number of nitrogens with one attached hydrogen (secondary N) is 1. The molecular formula is C12H10Cl2FN3. The Kier molecular flexibility index (Phi) is 3.68. The van der Waals surface area contributed by atoms with Crippen LogP contribution in [-0.4, -0.2) is 9.97 Å². The van der Waals surface area contributed by atoms with Crippen molar-refractivity contribution in [1.82, 2.24) is 9.97 Å². The Morgan fingerprint density at radius 1 is 1.17 bits per heavy atom. The number of anilines is 2. The summed E-state index contributed by atoms with van der Waals surface area (Å²) in [6.07, 6.45) is 0. The number of halogens is 3. The second kappa shape index (κ2) is 5.08. The lowest BCUT2D eigenvalue weighted by atomic mass is 10.3. The summed E-state index contributed by atoms with van der Waals surface area (Å²) in [7, 11) is 0. The molecule has 1 aromatic carbocycles. The lowest BCUT2D eigenvalue weighted by Crippen LogP contribution is -2.01. The van der Waals surface area contributed by atoms with E-state index in [0.717, 1.165) is 0 Å². The first kappa shape index (κ1) is 13.1. The molecule has 1 heterocycles. The van der Waals surface area contributed by atoms with Gasteiger partial charge in [-0.25, -0.2) is 14.4 Å². The van der Waals surface area contributed by atoms with Gasteiger partial charge < -0.3 is 5.32 Å². The maximum absolute atomic E-state index is 12.9. The molecular weight excluding hydrogens is 276 g/mol. The minimum Gasteiger partial charge on any atom is -0.339 e. The summed E-state index contributed by atoms with van der Waals surface area (Å²) >= 11 is 11.9. The van der Waals surface area contributed by atoms with Gasteiger partial charge in [-0.3, -0.25) is 0 Å². The van der Waals surface area contributed by atoms with Crippen LogP contribution >= 0.6 is 23.2 Å². The van der Waals surface area contributed by atoms with Gasteiger partial charge in [0.25, 0.3) is 0 Å². The van der Waals surface area contributed by atoms with Gasteiger partial charge in [0.2, 0.25) is 0 Å². The van der Waals surface area contributed by atoms with Crippen molar-refractivity contribution < 1.29 is 4.39 Å². The van der Waals surface area contributed by atoms with Gasteiger partial charge in [0.05, 0.1) is 10.7 Å². The van der Waals surface area contributed by atoms with E-state index in [1.807, 2.05) is 0 Å². The van der Waals surface area contributed by atoms with E-state index in [-0.39, 0.29) is 10.8 Å². The van der Waals surface area contributed by atoms with Gasteiger partial charge >= 0.3 is 0 Å². The van der Waals surface area contributed by atoms with E-state index in [0.29, 0.717) is 28.0 Å². The van der Waals surface area contributed by atoms with Crippen LogP contribution in [0.25, 0.3) is 0 Å². The second-order valence-electron chi connectivity index (χ2n) is 3.78. The van der Waals surface area contributed by atoms with Crippen molar-refractivity contribution in [3.8, 4) is 0 Å². The van der Waals surface area contributed by atoms with Gasteiger partial charge in [0.15, 0.2) is 0 Å². The average molecular weight is 286 g/mol. The molecule has 2 rings (SSSR count). The summed E-state index contributed by atoms with van der Waals surface area (Å²) in [6, 6.07) is 4.09. The van der Waals surface area contributed by atoms with Crippen LogP contribution in [0.3, 0.4) is 0 Å². The topological polar surface area (TPSA) is 37.8 Å². The lowest BCUT2D eigenvalue weighted by Gasteiger charge is -2.11. The van der Waals surface area contributed by atoms with Crippen LogP contribution in [0, 0.1) is 19.7 Å². The van der Waals surface area contributed by atoms with Crippen molar-refractivity contribution in [2.75, 3.05) is 5.32 Å². The van der Waals surface area contributed by atoms with Gasteiger partial charge in [-0.1, -0.05) is 23.2 Å². The summed E-state index contributed by atoms with van der Waals surface area (Å²) < 4.78 is 12.9. The van der Waals surface area contributed by atoms with Crippen LogP contribution in [0.5, 0.6) is 0 Å². The third-order valence-electron chi connectivity index (χ3n) is 2.38. The molecule has 2 aromatic rings. The molecule has 0 fully saturated rings. The first-order valence-corrected chi connectivity index (χ1v) is 5.96. The third-order valence-corrected chi connectivity index (χ3v) is 3.06. The number of rotatable bonds is 2. The van der Waals surface area contributed by atoms with Crippen molar-refractivity contribution >= 4 is 34.7 Å². The minimum atomic E-state index is -0.390. The van der Waals surface area contributed by atoms with Gasteiger partial charge in [0.1, 0.15) is 22.6 Å². The van der Waals surface area contributed by atoms with E-state index in [1.54, 1.807) is 19.9 Å². The Morgan fingerprint density at radius 2 is 1.89 bits per heavy atom. The first-order valence-electron chi connectivity index (χ1n) is 5.20. The van der Waals surface area contributed by atoms with Crippen LogP contribution in [-0.2, 0) is 0 Å². The second-order valence-corrected chi connectivity index (χ2v) is 4.55. The molecule has 1 aromatic heterocycles. The Labute approximate surface area is 114 Å². The quantitative estimate of drug-likeness (QED) is 0.837. The van der Waals surface area contributed by atoms with Crippen molar-refractivity contribution in [3.05, 3.63) is 45.6 Å². The van der Waals surface area contributed by atoms with Crippen LogP contribution < -0.4 is 5.32 Å². The molecule has 0 spiro atoms. The van der Waals surface area contributed by atoms with Gasteiger partial charge in [-0.05, 0) is 32.0 Å². The number of aryl methyl sites for hydroxylation is 1. The van der Waals surface area contributed by atoms with Crippen LogP contribution in [0.15, 0.2) is 18.2 Å². The molecule has 0 saturated carbocycles. The molecule has 94 valence electrons. The van der Waals surface area contributed by atoms with Gasteiger partial charge in [-0.2, -0.15) is 0 Å². The molecule has 3 nitrogen and oxygen atoms in total. The zero-order chi connectivity index (χ0) is 13.3. The molecule has 0 amide bonds. The molecule has 0 unspecified atom stereocenters. The zero-order valence-electron chi connectivity index (χ0n) is 9.76. The molecule has 0 atom stereocenters. The summed E-state index contributed by atoms with van der Waals surface area (Å²) in [6.45, 7) is 3.53. The molecule has 0 radical (unpaired) electrons. The van der Waals surface area contributed by atoms with Crippen LogP contribution in [0.4, 0.5) is 15.9 Å². The molecule has 0 aliphatic carbocycles. The monoisotopic (exact) mass is 285 g/mol. The summed E-state index contributed by atoms with van der Waals surface area (Å²) in [5.74, 6) is 0.714. The SMILES string of the molecule is Cc1nc(Cl)c(C)c(Nc2ccc(F)cc2Cl)n1. The summed E-state index contributed by atoms with van der Waals surface area (Å²) in [4.78, 5) is 8.27. The molecule has 0 aliphatic heterocycles. The Bertz CT molecular complexity index is 602. The highest BCUT2D eigenvalue weighted by atomic mass is 35.5. The fourth-order valence-electron chi connectivity index (χ4n) is 1.43. The smallest absolute Gasteiger partial charge is 0.138 e. The van der Waals surface area contributed by atoms with E-state index in [9.17, 15) is 4.39 Å². The van der Waals surface area contributed by atoms with Crippen molar-refractivity contribution in [1.29, 1.82) is 0 Å². The number of benzene rings is 1. The Balaban J connectivity index is 2.40. The zero-order valence-corrected chi connectivity index (χ0v) is 11.3. The lowest BCUT2D eigenvalue weighted by molar-refractivity contribution is 0.628. The fourth-order valence-corrected chi connectivity index (χ4v) is 1.86.